The van der Waals surface area contributed by atoms with Gasteiger partial charge in [-0.1, -0.05) is 33.8 Å². The highest BCUT2D eigenvalue weighted by Crippen LogP contribution is 2.31. The van der Waals surface area contributed by atoms with E-state index >= 15 is 0 Å². The Morgan fingerprint density at radius 2 is 1.67 bits per heavy atom. The van der Waals surface area contributed by atoms with Crippen molar-refractivity contribution < 1.29 is 4.79 Å². The first-order valence-corrected chi connectivity index (χ1v) is 7.21. The van der Waals surface area contributed by atoms with Gasteiger partial charge in [0.1, 0.15) is 0 Å². The predicted octanol–water partition coefficient (Wildman–Crippen LogP) is 5.03. The summed E-state index contributed by atoms with van der Waals surface area (Å²) in [7, 11) is 0. The smallest absolute Gasteiger partial charge is 0.151 e. The standard InChI is InChI=1S/C15H13BrOS/c1-10-3-5-13(7-11(10)2)18-14-6-4-12(9-17)15(16)8-14/h3-9H,1-2H3. The molecule has 2 aromatic carbocycles. The van der Waals surface area contributed by atoms with E-state index in [1.54, 1.807) is 11.8 Å². The van der Waals surface area contributed by atoms with Gasteiger partial charge < -0.3 is 0 Å². The SMILES string of the molecule is Cc1ccc(Sc2ccc(C=O)c(Br)c2)cc1C. The summed E-state index contributed by atoms with van der Waals surface area (Å²) in [5.74, 6) is 0. The number of hydrogen-bond acceptors (Lipinski definition) is 2. The molecule has 0 aliphatic carbocycles. The van der Waals surface area contributed by atoms with Crippen LogP contribution in [-0.4, -0.2) is 6.29 Å². The van der Waals surface area contributed by atoms with Gasteiger partial charge in [0.2, 0.25) is 0 Å². The highest BCUT2D eigenvalue weighted by atomic mass is 79.9. The lowest BCUT2D eigenvalue weighted by Crippen LogP contribution is -1.84. The highest BCUT2D eigenvalue weighted by molar-refractivity contribution is 9.10. The molecule has 18 heavy (non-hydrogen) atoms. The molecular weight excluding hydrogens is 308 g/mol. The van der Waals surface area contributed by atoms with Crippen LogP contribution in [0.1, 0.15) is 21.5 Å². The molecule has 0 amide bonds. The fourth-order valence-corrected chi connectivity index (χ4v) is 3.16. The molecule has 3 heteroatoms. The second-order valence-electron chi connectivity index (χ2n) is 4.15. The Labute approximate surface area is 120 Å². The first-order valence-electron chi connectivity index (χ1n) is 5.60. The average Bonchev–Trinajstić information content (AvgIpc) is 2.34. The number of carbonyl (C=O) groups is 1. The number of aldehydes is 1. The fraction of sp³-hybridized carbons (Fsp3) is 0.133. The minimum absolute atomic E-state index is 0.680. The maximum atomic E-state index is 10.7. The van der Waals surface area contributed by atoms with E-state index < -0.39 is 0 Å². The lowest BCUT2D eigenvalue weighted by atomic mass is 10.1. The Kier molecular flexibility index (Phi) is 4.25. The Morgan fingerprint density at radius 3 is 2.28 bits per heavy atom. The van der Waals surface area contributed by atoms with Crippen LogP contribution in [0.2, 0.25) is 0 Å². The highest BCUT2D eigenvalue weighted by Gasteiger charge is 2.03. The van der Waals surface area contributed by atoms with Crippen LogP contribution in [0, 0.1) is 13.8 Å². The molecule has 0 saturated carbocycles. The van der Waals surface area contributed by atoms with E-state index in [2.05, 4.69) is 48.0 Å². The molecule has 0 radical (unpaired) electrons. The molecule has 92 valence electrons. The van der Waals surface area contributed by atoms with Gasteiger partial charge in [-0.2, -0.15) is 0 Å². The summed E-state index contributed by atoms with van der Waals surface area (Å²) in [6, 6.07) is 12.2. The van der Waals surface area contributed by atoms with E-state index in [0.717, 1.165) is 15.7 Å². The fourth-order valence-electron chi connectivity index (χ4n) is 1.58. The molecule has 2 aromatic rings. The molecule has 0 aliphatic heterocycles. The van der Waals surface area contributed by atoms with Crippen LogP contribution in [0.15, 0.2) is 50.7 Å². The molecule has 0 saturated heterocycles. The largest absolute Gasteiger partial charge is 0.298 e. The van der Waals surface area contributed by atoms with Gasteiger partial charge in [-0.05, 0) is 55.3 Å². The topological polar surface area (TPSA) is 17.1 Å². The number of rotatable bonds is 3. The van der Waals surface area contributed by atoms with Crippen LogP contribution >= 0.6 is 27.7 Å². The number of halogens is 1. The molecule has 1 nitrogen and oxygen atoms in total. The summed E-state index contributed by atoms with van der Waals surface area (Å²) < 4.78 is 0.839. The monoisotopic (exact) mass is 320 g/mol. The van der Waals surface area contributed by atoms with Crippen molar-refractivity contribution in [3.8, 4) is 0 Å². The van der Waals surface area contributed by atoms with Crippen LogP contribution in [0.25, 0.3) is 0 Å². The van der Waals surface area contributed by atoms with Crippen molar-refractivity contribution in [3.63, 3.8) is 0 Å². The predicted molar refractivity (Wildman–Crippen MR) is 79.6 cm³/mol. The molecule has 0 aliphatic rings. The molecule has 0 heterocycles. The van der Waals surface area contributed by atoms with E-state index in [0.29, 0.717) is 5.56 Å². The van der Waals surface area contributed by atoms with Gasteiger partial charge in [-0.3, -0.25) is 4.79 Å². The molecule has 0 fully saturated rings. The summed E-state index contributed by atoms with van der Waals surface area (Å²) in [4.78, 5) is 13.1. The van der Waals surface area contributed by atoms with Crippen molar-refractivity contribution in [3.05, 3.63) is 57.6 Å². The summed E-state index contributed by atoms with van der Waals surface area (Å²) in [6.07, 6.45) is 0.856. The van der Waals surface area contributed by atoms with Crippen molar-refractivity contribution in [2.75, 3.05) is 0 Å². The maximum absolute atomic E-state index is 10.7. The molecule has 0 N–H and O–H groups in total. The van der Waals surface area contributed by atoms with Crippen LogP contribution in [0.5, 0.6) is 0 Å². The van der Waals surface area contributed by atoms with Gasteiger partial charge in [0.15, 0.2) is 6.29 Å². The van der Waals surface area contributed by atoms with E-state index in [4.69, 9.17) is 0 Å². The summed E-state index contributed by atoms with van der Waals surface area (Å²) in [5.41, 5.74) is 3.28. The van der Waals surface area contributed by atoms with Crippen molar-refractivity contribution in [2.45, 2.75) is 23.6 Å². The number of benzene rings is 2. The second-order valence-corrected chi connectivity index (χ2v) is 6.15. The molecular formula is C15H13BrOS. The zero-order chi connectivity index (χ0) is 13.1. The summed E-state index contributed by atoms with van der Waals surface area (Å²) in [5, 5.41) is 0. The van der Waals surface area contributed by atoms with Crippen LogP contribution < -0.4 is 0 Å². The zero-order valence-electron chi connectivity index (χ0n) is 10.2. The third kappa shape index (κ3) is 3.03. The summed E-state index contributed by atoms with van der Waals surface area (Å²) >= 11 is 5.10. The van der Waals surface area contributed by atoms with Crippen molar-refractivity contribution in [1.29, 1.82) is 0 Å². The summed E-state index contributed by atoms with van der Waals surface area (Å²) in [6.45, 7) is 4.23. The van der Waals surface area contributed by atoms with Gasteiger partial charge in [-0.25, -0.2) is 0 Å². The van der Waals surface area contributed by atoms with Gasteiger partial charge in [-0.15, -0.1) is 0 Å². The Morgan fingerprint density at radius 1 is 1.00 bits per heavy atom. The van der Waals surface area contributed by atoms with Gasteiger partial charge in [0.05, 0.1) is 0 Å². The van der Waals surface area contributed by atoms with Crippen molar-refractivity contribution in [1.82, 2.24) is 0 Å². The first-order chi connectivity index (χ1) is 8.60. The average molecular weight is 321 g/mol. The number of aryl methyl sites for hydroxylation is 2. The lowest BCUT2D eigenvalue weighted by Gasteiger charge is -2.06. The number of hydrogen-bond donors (Lipinski definition) is 0. The quantitative estimate of drug-likeness (QED) is 0.738. The third-order valence-corrected chi connectivity index (χ3v) is 4.48. The van der Waals surface area contributed by atoms with Crippen LogP contribution in [0.4, 0.5) is 0 Å². The molecule has 0 spiro atoms. The van der Waals surface area contributed by atoms with E-state index in [-0.39, 0.29) is 0 Å². The van der Waals surface area contributed by atoms with Crippen LogP contribution in [0.3, 0.4) is 0 Å². The van der Waals surface area contributed by atoms with Crippen molar-refractivity contribution in [2.24, 2.45) is 0 Å². The Bertz CT molecular complexity index is 593. The van der Waals surface area contributed by atoms with Crippen LogP contribution in [-0.2, 0) is 0 Å². The molecule has 0 bridgehead atoms. The normalized spacial score (nSPS) is 10.4. The second kappa shape index (κ2) is 5.72. The zero-order valence-corrected chi connectivity index (χ0v) is 12.6. The van der Waals surface area contributed by atoms with Gasteiger partial charge in [0, 0.05) is 19.8 Å². The molecule has 0 aromatic heterocycles. The molecule has 0 atom stereocenters. The van der Waals surface area contributed by atoms with Gasteiger partial charge in [0.25, 0.3) is 0 Å². The minimum Gasteiger partial charge on any atom is -0.298 e. The Hall–Kier alpha value is -1.06. The minimum atomic E-state index is 0.680. The molecule has 2 rings (SSSR count). The number of carbonyl (C=O) groups excluding carboxylic acids is 1. The van der Waals surface area contributed by atoms with E-state index in [1.807, 2.05) is 18.2 Å². The van der Waals surface area contributed by atoms with E-state index in [9.17, 15) is 4.79 Å². The van der Waals surface area contributed by atoms with Crippen molar-refractivity contribution >= 4 is 34.0 Å². The lowest BCUT2D eigenvalue weighted by molar-refractivity contribution is 0.112. The maximum Gasteiger partial charge on any atom is 0.151 e. The first kappa shape index (κ1) is 13.4. The Balaban J connectivity index is 2.25. The molecule has 0 unspecified atom stereocenters. The third-order valence-electron chi connectivity index (χ3n) is 2.81. The van der Waals surface area contributed by atoms with Gasteiger partial charge >= 0.3 is 0 Å². The van der Waals surface area contributed by atoms with E-state index in [1.165, 1.54) is 16.0 Å².